The van der Waals surface area contributed by atoms with Crippen LogP contribution in [-0.4, -0.2) is 13.1 Å². The van der Waals surface area contributed by atoms with E-state index < -0.39 is 5.97 Å². The number of carbonyl (C=O) groups excluding carboxylic acids is 1. The van der Waals surface area contributed by atoms with Gasteiger partial charge in [0.25, 0.3) is 0 Å². The summed E-state index contributed by atoms with van der Waals surface area (Å²) < 4.78 is 5.24. The fourth-order valence-electron chi connectivity index (χ4n) is 1.10. The summed E-state index contributed by atoms with van der Waals surface area (Å²) in [7, 11) is 1.33. The van der Waals surface area contributed by atoms with E-state index in [0.29, 0.717) is 15.6 Å². The molecule has 0 fully saturated rings. The summed E-state index contributed by atoms with van der Waals surface area (Å²) in [5.74, 6) is -0.396. The third-order valence-electron chi connectivity index (χ3n) is 1.91. The highest BCUT2D eigenvalue weighted by molar-refractivity contribution is 9.10. The smallest absolute Gasteiger partial charge is 0.338 e. The lowest BCUT2D eigenvalue weighted by Crippen LogP contribution is -2.04. The van der Waals surface area contributed by atoms with Crippen molar-refractivity contribution in [3.8, 4) is 6.07 Å². The Balaban J connectivity index is 3.33. The number of carbonyl (C=O) groups is 1. The molecule has 4 heteroatoms. The van der Waals surface area contributed by atoms with Gasteiger partial charge in [-0.15, -0.1) is 0 Å². The second-order valence-corrected chi connectivity index (χ2v) is 3.50. The van der Waals surface area contributed by atoms with Crippen LogP contribution < -0.4 is 0 Å². The Bertz CT molecular complexity index is 421. The average Bonchev–Trinajstić information content (AvgIpc) is 2.21. The fraction of sp³-hybridized carbons (Fsp3) is 0.200. The van der Waals surface area contributed by atoms with Crippen LogP contribution in [0.3, 0.4) is 0 Å². The first kappa shape index (κ1) is 10.7. The molecule has 0 saturated heterocycles. The Labute approximate surface area is 90.4 Å². The van der Waals surface area contributed by atoms with Gasteiger partial charge in [-0.2, -0.15) is 5.26 Å². The molecule has 0 radical (unpaired) electrons. The van der Waals surface area contributed by atoms with Crippen molar-refractivity contribution in [2.45, 2.75) is 6.92 Å². The predicted octanol–water partition coefficient (Wildman–Crippen LogP) is 2.42. The zero-order valence-corrected chi connectivity index (χ0v) is 9.38. The molecule has 0 unspecified atom stereocenters. The standard InChI is InChI=1S/C10H8BrNO2/c1-6-8(10(13)14-2)4-3-7(5-12)9(6)11/h3-4H,1-2H3. The van der Waals surface area contributed by atoms with E-state index in [0.717, 1.165) is 5.56 Å². The minimum atomic E-state index is -0.396. The Morgan fingerprint density at radius 2 is 2.21 bits per heavy atom. The monoisotopic (exact) mass is 253 g/mol. The number of ether oxygens (including phenoxy) is 1. The lowest BCUT2D eigenvalue weighted by molar-refractivity contribution is 0.0600. The maximum atomic E-state index is 11.3. The van der Waals surface area contributed by atoms with Crippen LogP contribution in [0.4, 0.5) is 0 Å². The number of rotatable bonds is 1. The molecule has 3 nitrogen and oxygen atoms in total. The number of hydrogen-bond donors (Lipinski definition) is 0. The molecule has 0 spiro atoms. The molecule has 0 aliphatic heterocycles. The van der Waals surface area contributed by atoms with Crippen LogP contribution in [0.15, 0.2) is 16.6 Å². The van der Waals surface area contributed by atoms with E-state index in [4.69, 9.17) is 5.26 Å². The van der Waals surface area contributed by atoms with E-state index in [2.05, 4.69) is 20.7 Å². The molecule has 0 atom stereocenters. The van der Waals surface area contributed by atoms with E-state index >= 15 is 0 Å². The molecule has 0 saturated carbocycles. The van der Waals surface area contributed by atoms with Crippen molar-refractivity contribution in [3.63, 3.8) is 0 Å². The zero-order valence-electron chi connectivity index (χ0n) is 7.80. The van der Waals surface area contributed by atoms with Gasteiger partial charge in [0.15, 0.2) is 0 Å². The van der Waals surface area contributed by atoms with Crippen molar-refractivity contribution in [3.05, 3.63) is 33.3 Å². The van der Waals surface area contributed by atoms with Gasteiger partial charge >= 0.3 is 5.97 Å². The van der Waals surface area contributed by atoms with Crippen LogP contribution in [0.5, 0.6) is 0 Å². The Hall–Kier alpha value is -1.34. The highest BCUT2D eigenvalue weighted by atomic mass is 79.9. The highest BCUT2D eigenvalue weighted by Crippen LogP contribution is 2.24. The predicted molar refractivity (Wildman–Crippen MR) is 54.9 cm³/mol. The van der Waals surface area contributed by atoms with Crippen LogP contribution in [0.2, 0.25) is 0 Å². The Morgan fingerprint density at radius 1 is 1.57 bits per heavy atom. The van der Waals surface area contributed by atoms with Crippen LogP contribution in [0.1, 0.15) is 21.5 Å². The largest absolute Gasteiger partial charge is 0.465 e. The van der Waals surface area contributed by atoms with E-state index in [1.54, 1.807) is 19.1 Å². The van der Waals surface area contributed by atoms with Gasteiger partial charge in [0.1, 0.15) is 6.07 Å². The van der Waals surface area contributed by atoms with Crippen LogP contribution in [0, 0.1) is 18.3 Å². The summed E-state index contributed by atoms with van der Waals surface area (Å²) in [5, 5.41) is 8.73. The summed E-state index contributed by atoms with van der Waals surface area (Å²) in [6, 6.07) is 5.20. The van der Waals surface area contributed by atoms with Crippen LogP contribution in [0.25, 0.3) is 0 Å². The number of esters is 1. The van der Waals surface area contributed by atoms with Crippen molar-refractivity contribution in [1.29, 1.82) is 5.26 Å². The molecule has 0 aliphatic carbocycles. The SMILES string of the molecule is COC(=O)c1ccc(C#N)c(Br)c1C. The minimum Gasteiger partial charge on any atom is -0.465 e. The lowest BCUT2D eigenvalue weighted by Gasteiger charge is -2.06. The highest BCUT2D eigenvalue weighted by Gasteiger charge is 2.13. The van der Waals surface area contributed by atoms with E-state index in [9.17, 15) is 4.79 Å². The lowest BCUT2D eigenvalue weighted by atomic mass is 10.1. The Morgan fingerprint density at radius 3 is 2.71 bits per heavy atom. The molecule has 1 aromatic rings. The molecule has 1 aromatic carbocycles. The number of benzene rings is 1. The topological polar surface area (TPSA) is 50.1 Å². The van der Waals surface area contributed by atoms with Crippen molar-refractivity contribution in [2.24, 2.45) is 0 Å². The number of nitrogens with zero attached hydrogens (tertiary/aromatic N) is 1. The third-order valence-corrected chi connectivity index (χ3v) is 2.93. The normalized spacial score (nSPS) is 9.29. The van der Waals surface area contributed by atoms with Gasteiger partial charge in [0, 0.05) is 4.47 Å². The van der Waals surface area contributed by atoms with Crippen molar-refractivity contribution < 1.29 is 9.53 Å². The average molecular weight is 254 g/mol. The van der Waals surface area contributed by atoms with E-state index in [-0.39, 0.29) is 0 Å². The molecule has 72 valence electrons. The first-order valence-corrected chi connectivity index (χ1v) is 4.68. The Kier molecular flexibility index (Phi) is 3.26. The van der Waals surface area contributed by atoms with Crippen molar-refractivity contribution in [1.82, 2.24) is 0 Å². The zero-order chi connectivity index (χ0) is 10.7. The van der Waals surface area contributed by atoms with Gasteiger partial charge in [-0.1, -0.05) is 0 Å². The van der Waals surface area contributed by atoms with Gasteiger partial charge in [0.2, 0.25) is 0 Å². The number of nitriles is 1. The first-order chi connectivity index (χ1) is 6.61. The van der Waals surface area contributed by atoms with Crippen molar-refractivity contribution in [2.75, 3.05) is 7.11 Å². The minimum absolute atomic E-state index is 0.396. The second-order valence-electron chi connectivity index (χ2n) is 2.70. The molecular weight excluding hydrogens is 246 g/mol. The van der Waals surface area contributed by atoms with Crippen molar-refractivity contribution >= 4 is 21.9 Å². The summed E-state index contributed by atoms with van der Waals surface area (Å²) in [5.41, 5.74) is 1.70. The van der Waals surface area contributed by atoms with E-state index in [1.807, 2.05) is 6.07 Å². The molecule has 0 bridgehead atoms. The second kappa shape index (κ2) is 4.25. The molecule has 0 amide bonds. The molecule has 0 aromatic heterocycles. The summed E-state index contributed by atoms with van der Waals surface area (Å²) in [6.45, 7) is 1.76. The molecule has 0 N–H and O–H groups in total. The maximum absolute atomic E-state index is 11.3. The van der Waals surface area contributed by atoms with Gasteiger partial charge in [0.05, 0.1) is 18.2 Å². The van der Waals surface area contributed by atoms with Crippen LogP contribution in [-0.2, 0) is 4.74 Å². The third kappa shape index (κ3) is 1.78. The summed E-state index contributed by atoms with van der Waals surface area (Å²) >= 11 is 3.26. The fourth-order valence-corrected chi connectivity index (χ4v) is 1.54. The van der Waals surface area contributed by atoms with Crippen LogP contribution >= 0.6 is 15.9 Å². The maximum Gasteiger partial charge on any atom is 0.338 e. The first-order valence-electron chi connectivity index (χ1n) is 3.89. The molecule has 0 aliphatic rings. The summed E-state index contributed by atoms with van der Waals surface area (Å²) in [4.78, 5) is 11.3. The van der Waals surface area contributed by atoms with Gasteiger partial charge in [-0.25, -0.2) is 4.79 Å². The quantitative estimate of drug-likeness (QED) is 0.723. The van der Waals surface area contributed by atoms with Gasteiger partial charge in [-0.3, -0.25) is 0 Å². The van der Waals surface area contributed by atoms with Gasteiger partial charge in [-0.05, 0) is 40.5 Å². The molecule has 1 rings (SSSR count). The number of methoxy groups -OCH3 is 1. The van der Waals surface area contributed by atoms with Gasteiger partial charge < -0.3 is 4.74 Å². The summed E-state index contributed by atoms with van der Waals surface area (Å²) in [6.07, 6.45) is 0. The number of halogens is 1. The molecular formula is C10H8BrNO2. The number of hydrogen-bond acceptors (Lipinski definition) is 3. The molecule has 0 heterocycles. The van der Waals surface area contributed by atoms with E-state index in [1.165, 1.54) is 7.11 Å². The molecule has 14 heavy (non-hydrogen) atoms.